The van der Waals surface area contributed by atoms with Gasteiger partial charge in [-0.25, -0.2) is 19.6 Å². The van der Waals surface area contributed by atoms with E-state index < -0.39 is 18.1 Å². The van der Waals surface area contributed by atoms with Crippen LogP contribution in [0, 0.1) is 0 Å². The monoisotopic (exact) mass is 430 g/mol. The normalized spacial score (nSPS) is 19.8. The predicted molar refractivity (Wildman–Crippen MR) is 97.4 cm³/mol. The Bertz CT molecular complexity index is 926. The number of alkyl halides is 3. The molecule has 1 saturated carbocycles. The Morgan fingerprint density at radius 1 is 1.30 bits per heavy atom. The van der Waals surface area contributed by atoms with Crippen LogP contribution in [0.2, 0.25) is 0 Å². The summed E-state index contributed by atoms with van der Waals surface area (Å²) in [6.45, 7) is 0.699. The van der Waals surface area contributed by atoms with E-state index >= 15 is 0 Å². The van der Waals surface area contributed by atoms with Crippen LogP contribution in [0.3, 0.4) is 0 Å². The van der Waals surface area contributed by atoms with Gasteiger partial charge >= 0.3 is 18.1 Å². The Balaban J connectivity index is 0.000000318. The quantitative estimate of drug-likeness (QED) is 0.661. The second kappa shape index (κ2) is 8.46. The molecule has 12 heteroatoms. The summed E-state index contributed by atoms with van der Waals surface area (Å²) in [4.78, 5) is 28.4. The lowest BCUT2D eigenvalue weighted by Gasteiger charge is -2.38. The van der Waals surface area contributed by atoms with E-state index in [1.807, 2.05) is 0 Å². The summed E-state index contributed by atoms with van der Waals surface area (Å²) in [5, 5.41) is 19.5. The molecule has 0 radical (unpaired) electrons. The van der Waals surface area contributed by atoms with Crippen molar-refractivity contribution in [2.24, 2.45) is 0 Å². The highest BCUT2D eigenvalue weighted by Gasteiger charge is 2.44. The lowest BCUT2D eigenvalue weighted by Crippen LogP contribution is -2.37. The van der Waals surface area contributed by atoms with E-state index in [2.05, 4.69) is 15.3 Å². The van der Waals surface area contributed by atoms with Gasteiger partial charge < -0.3 is 20.3 Å². The number of nitrogens with one attached hydrogen (secondary N) is 1. The first-order valence-electron chi connectivity index (χ1n) is 9.39. The van der Waals surface area contributed by atoms with Gasteiger partial charge in [0.25, 0.3) is 0 Å². The predicted octanol–water partition coefficient (Wildman–Crippen LogP) is 2.96. The molecule has 0 bridgehead atoms. The smallest absolute Gasteiger partial charge is 0.477 e. The zero-order valence-electron chi connectivity index (χ0n) is 15.9. The molecule has 2 fully saturated rings. The molecule has 3 heterocycles. The fraction of sp³-hybridized carbons (Fsp3) is 0.556. The second-order valence-electron chi connectivity index (χ2n) is 7.26. The number of ether oxygens (including phenoxy) is 1. The molecule has 164 valence electrons. The maximum atomic E-state index is 11.2. The topological polar surface area (TPSA) is 126 Å². The number of imidazole rings is 1. The minimum atomic E-state index is -5.08. The molecular weight excluding hydrogens is 409 g/mol. The number of hydrogen-bond acceptors (Lipinski definition) is 6. The van der Waals surface area contributed by atoms with Gasteiger partial charge in [0.05, 0.1) is 11.7 Å². The van der Waals surface area contributed by atoms with Gasteiger partial charge in [-0.1, -0.05) is 0 Å². The van der Waals surface area contributed by atoms with Gasteiger partial charge in [0.1, 0.15) is 5.65 Å². The third-order valence-electron chi connectivity index (χ3n) is 5.20. The molecule has 1 spiro atoms. The van der Waals surface area contributed by atoms with Crippen molar-refractivity contribution in [3.05, 3.63) is 24.2 Å². The molecule has 4 rings (SSSR count). The van der Waals surface area contributed by atoms with Crippen molar-refractivity contribution in [2.45, 2.75) is 56.4 Å². The van der Waals surface area contributed by atoms with Crippen LogP contribution in [-0.2, 0) is 9.53 Å². The van der Waals surface area contributed by atoms with Gasteiger partial charge in [0.15, 0.2) is 5.69 Å². The van der Waals surface area contributed by atoms with Crippen LogP contribution in [0.15, 0.2) is 18.5 Å². The van der Waals surface area contributed by atoms with Crippen LogP contribution in [-0.4, -0.2) is 60.9 Å². The first-order chi connectivity index (χ1) is 14.1. The first kappa shape index (κ1) is 21.8. The van der Waals surface area contributed by atoms with Gasteiger partial charge in [-0.05, 0) is 38.5 Å². The molecule has 1 unspecified atom stereocenters. The summed E-state index contributed by atoms with van der Waals surface area (Å²) >= 11 is 0. The largest absolute Gasteiger partial charge is 0.490 e. The van der Waals surface area contributed by atoms with E-state index in [1.165, 1.54) is 31.7 Å². The molecule has 1 aliphatic heterocycles. The van der Waals surface area contributed by atoms with E-state index in [0.717, 1.165) is 12.8 Å². The van der Waals surface area contributed by atoms with Crippen LogP contribution in [0.1, 0.15) is 49.0 Å². The third-order valence-corrected chi connectivity index (χ3v) is 5.20. The number of carboxylic acids is 2. The van der Waals surface area contributed by atoms with Crippen molar-refractivity contribution in [2.75, 3.05) is 11.9 Å². The summed E-state index contributed by atoms with van der Waals surface area (Å²) in [5.41, 5.74) is 0.756. The fourth-order valence-electron chi connectivity index (χ4n) is 3.54. The highest BCUT2D eigenvalue weighted by molar-refractivity contribution is 5.87. The lowest BCUT2D eigenvalue weighted by atomic mass is 9.78. The van der Waals surface area contributed by atoms with E-state index in [4.69, 9.17) is 19.7 Å². The number of rotatable bonds is 5. The number of aliphatic carboxylic acids is 1. The van der Waals surface area contributed by atoms with Gasteiger partial charge in [-0.15, -0.1) is 0 Å². The Kier molecular flexibility index (Phi) is 6.15. The molecule has 3 N–H and O–H groups in total. The van der Waals surface area contributed by atoms with Crippen LogP contribution in [0.25, 0.3) is 5.65 Å². The van der Waals surface area contributed by atoms with E-state index in [0.29, 0.717) is 24.2 Å². The molecule has 30 heavy (non-hydrogen) atoms. The highest BCUT2D eigenvalue weighted by atomic mass is 19.4. The molecule has 1 atom stereocenters. The summed E-state index contributed by atoms with van der Waals surface area (Å²) in [7, 11) is 0. The summed E-state index contributed by atoms with van der Waals surface area (Å²) in [5.74, 6) is -3.30. The number of aromatic carboxylic acids is 1. The fourth-order valence-corrected chi connectivity index (χ4v) is 3.54. The van der Waals surface area contributed by atoms with Gasteiger partial charge in [0, 0.05) is 25.0 Å². The van der Waals surface area contributed by atoms with E-state index in [-0.39, 0.29) is 11.3 Å². The van der Waals surface area contributed by atoms with Gasteiger partial charge in [-0.3, -0.25) is 4.40 Å². The van der Waals surface area contributed by atoms with Crippen LogP contribution in [0.4, 0.5) is 19.1 Å². The summed E-state index contributed by atoms with van der Waals surface area (Å²) < 4.78 is 39.7. The van der Waals surface area contributed by atoms with Gasteiger partial charge in [0.2, 0.25) is 5.95 Å². The second-order valence-corrected chi connectivity index (χ2v) is 7.26. The van der Waals surface area contributed by atoms with Gasteiger partial charge in [-0.2, -0.15) is 13.2 Å². The summed E-state index contributed by atoms with van der Waals surface area (Å²) in [6.07, 6.45) is 5.50. The zero-order chi connectivity index (χ0) is 21.9. The number of hydrogen-bond donors (Lipinski definition) is 3. The molecule has 1 aliphatic carbocycles. The standard InChI is InChI=1S/C16H20N4O3.C2HF3O2/c21-14(22)12-10-13-17-8-9-20(13)15(19-12)18-7-3-11-2-6-16(23-11)4-1-5-16;3-2(4,5)1(6)7/h8-11H,1-7H2,(H,18,19)(H,21,22);(H,6,7). The number of aromatic nitrogens is 3. The van der Waals surface area contributed by atoms with Crippen LogP contribution in [0.5, 0.6) is 0 Å². The molecular formula is C18H21F3N4O5. The molecule has 2 aliphatic rings. The average Bonchev–Trinajstić information content (AvgIpc) is 3.28. The Morgan fingerprint density at radius 3 is 2.53 bits per heavy atom. The maximum absolute atomic E-state index is 11.2. The Morgan fingerprint density at radius 2 is 2.00 bits per heavy atom. The van der Waals surface area contributed by atoms with Crippen LogP contribution >= 0.6 is 0 Å². The number of anilines is 1. The van der Waals surface area contributed by atoms with Crippen molar-refractivity contribution < 1.29 is 37.7 Å². The summed E-state index contributed by atoms with van der Waals surface area (Å²) in [6, 6.07) is 1.47. The zero-order valence-corrected chi connectivity index (χ0v) is 15.9. The molecule has 2 aromatic heterocycles. The molecule has 1 saturated heterocycles. The van der Waals surface area contributed by atoms with Crippen molar-refractivity contribution in [3.63, 3.8) is 0 Å². The number of carboxylic acid groups (broad SMARTS) is 2. The maximum Gasteiger partial charge on any atom is 0.490 e. The Hall–Kier alpha value is -2.89. The SMILES string of the molecule is O=C(O)C(F)(F)F.O=C(O)c1cc2nccn2c(NCCC2CCC3(CCC3)O2)n1. The molecule has 0 aromatic carbocycles. The van der Waals surface area contributed by atoms with Crippen molar-refractivity contribution in [3.8, 4) is 0 Å². The molecule has 9 nitrogen and oxygen atoms in total. The van der Waals surface area contributed by atoms with Crippen molar-refractivity contribution in [1.82, 2.24) is 14.4 Å². The minimum absolute atomic E-state index is 0.00302. The third kappa shape index (κ3) is 4.99. The van der Waals surface area contributed by atoms with Crippen LogP contribution < -0.4 is 5.32 Å². The lowest BCUT2D eigenvalue weighted by molar-refractivity contribution is -0.192. The molecule has 2 aromatic rings. The number of fused-ring (bicyclic) bond motifs is 1. The van der Waals surface area contributed by atoms with Crippen molar-refractivity contribution in [1.29, 1.82) is 0 Å². The van der Waals surface area contributed by atoms with E-state index in [1.54, 1.807) is 16.8 Å². The number of nitrogens with zero attached hydrogens (tertiary/aromatic N) is 3. The van der Waals surface area contributed by atoms with E-state index in [9.17, 15) is 18.0 Å². The first-order valence-corrected chi connectivity index (χ1v) is 9.39. The number of halogens is 3. The van der Waals surface area contributed by atoms with Crippen molar-refractivity contribution >= 4 is 23.5 Å². The minimum Gasteiger partial charge on any atom is -0.477 e. The number of carbonyl (C=O) groups is 2. The Labute approximate surface area is 168 Å². The average molecular weight is 430 g/mol. The molecule has 0 amide bonds. The highest BCUT2D eigenvalue weighted by Crippen LogP contribution is 2.46.